The zero-order valence-electron chi connectivity index (χ0n) is 17.2. The summed E-state index contributed by atoms with van der Waals surface area (Å²) in [6.07, 6.45) is 0. The van der Waals surface area contributed by atoms with Crippen molar-refractivity contribution in [2.75, 3.05) is 7.11 Å². The number of halogens is 5. The van der Waals surface area contributed by atoms with Crippen molar-refractivity contribution in [3.63, 3.8) is 0 Å². The Morgan fingerprint density at radius 3 is 1.70 bits per heavy atom. The van der Waals surface area contributed by atoms with Crippen LogP contribution in [0.15, 0.2) is 72.8 Å². The first-order chi connectivity index (χ1) is 15.9. The first-order valence-corrected chi connectivity index (χ1v) is 10.0. The zero-order chi connectivity index (χ0) is 23.3. The molecule has 5 aromatic rings. The van der Waals surface area contributed by atoms with E-state index < -0.39 is 34.6 Å². The van der Waals surface area contributed by atoms with Gasteiger partial charge in [-0.2, -0.15) is 0 Å². The van der Waals surface area contributed by atoms with E-state index in [1.165, 1.54) is 19.2 Å². The molecule has 0 aliphatic heterocycles. The van der Waals surface area contributed by atoms with Crippen molar-refractivity contribution >= 4 is 21.5 Å². The summed E-state index contributed by atoms with van der Waals surface area (Å²) in [6, 6.07) is 16.4. The molecule has 164 valence electrons. The Morgan fingerprint density at radius 2 is 1.09 bits per heavy atom. The van der Waals surface area contributed by atoms with Crippen molar-refractivity contribution in [1.29, 1.82) is 0 Å². The molecule has 0 heterocycles. The molecule has 0 amide bonds. The third-order valence-corrected chi connectivity index (χ3v) is 5.68. The van der Waals surface area contributed by atoms with Crippen molar-refractivity contribution in [2.45, 2.75) is 0 Å². The van der Waals surface area contributed by atoms with Crippen LogP contribution in [0.2, 0.25) is 0 Å². The molecule has 33 heavy (non-hydrogen) atoms. The molecular weight excluding hydrogens is 435 g/mol. The van der Waals surface area contributed by atoms with Crippen LogP contribution >= 0.6 is 0 Å². The lowest BCUT2D eigenvalue weighted by molar-refractivity contribution is 0.407. The van der Waals surface area contributed by atoms with Gasteiger partial charge in [-0.1, -0.05) is 36.4 Å². The van der Waals surface area contributed by atoms with Crippen molar-refractivity contribution in [2.24, 2.45) is 0 Å². The van der Waals surface area contributed by atoms with Gasteiger partial charge < -0.3 is 4.74 Å². The molecule has 0 saturated heterocycles. The van der Waals surface area contributed by atoms with E-state index in [9.17, 15) is 13.2 Å². The van der Waals surface area contributed by atoms with E-state index >= 15 is 8.78 Å². The van der Waals surface area contributed by atoms with E-state index in [1.807, 2.05) is 0 Å². The maximum atomic E-state index is 15.2. The van der Waals surface area contributed by atoms with Gasteiger partial charge in [0.15, 0.2) is 11.6 Å². The van der Waals surface area contributed by atoms with Crippen LogP contribution in [0.4, 0.5) is 22.0 Å². The van der Waals surface area contributed by atoms with E-state index in [0.29, 0.717) is 16.5 Å². The molecule has 0 fully saturated rings. The van der Waals surface area contributed by atoms with Gasteiger partial charge in [0.1, 0.15) is 23.2 Å². The third kappa shape index (κ3) is 3.39. The maximum absolute atomic E-state index is 15.2. The lowest BCUT2D eigenvalue weighted by atomic mass is 9.85. The lowest BCUT2D eigenvalue weighted by Crippen LogP contribution is -1.98. The van der Waals surface area contributed by atoms with Crippen LogP contribution in [0.5, 0.6) is 5.75 Å². The molecule has 0 spiro atoms. The number of fused-ring (bicyclic) bond motifs is 2. The highest BCUT2D eigenvalue weighted by Crippen LogP contribution is 2.46. The van der Waals surface area contributed by atoms with Crippen LogP contribution in [0, 0.1) is 29.1 Å². The fraction of sp³-hybridized carbons (Fsp3) is 0.0370. The monoisotopic (exact) mass is 450 g/mol. The van der Waals surface area contributed by atoms with Crippen LogP contribution < -0.4 is 4.74 Å². The van der Waals surface area contributed by atoms with E-state index in [0.717, 1.165) is 30.3 Å². The number of ether oxygens (including phenoxy) is 1. The molecule has 0 bridgehead atoms. The normalized spacial score (nSPS) is 11.3. The standard InChI is InChI=1S/C27H15F5O/c1-33-16-10-23(31)27(24(32)11-16)26-17-8-7-15(28)9-18(17)25(14-5-3-2-4-6-14)19-12-21(29)22(30)13-20(19)26/h2-13H,1H3. The smallest absolute Gasteiger partial charge is 0.159 e. The van der Waals surface area contributed by atoms with Crippen molar-refractivity contribution in [1.82, 2.24) is 0 Å². The average molecular weight is 450 g/mol. The molecule has 0 aromatic heterocycles. The van der Waals surface area contributed by atoms with Gasteiger partial charge in [-0.15, -0.1) is 0 Å². The maximum Gasteiger partial charge on any atom is 0.159 e. The highest BCUT2D eigenvalue weighted by molar-refractivity contribution is 6.21. The molecule has 0 aliphatic carbocycles. The SMILES string of the molecule is COc1cc(F)c(-c2c3ccc(F)cc3c(-c3ccccc3)c3cc(F)c(F)cc23)c(F)c1. The molecule has 0 saturated carbocycles. The Kier molecular flexibility index (Phi) is 5.01. The third-order valence-electron chi connectivity index (χ3n) is 5.68. The summed E-state index contributed by atoms with van der Waals surface area (Å²) in [4.78, 5) is 0. The fourth-order valence-corrected chi connectivity index (χ4v) is 4.28. The van der Waals surface area contributed by atoms with Crippen LogP contribution in [-0.4, -0.2) is 7.11 Å². The zero-order valence-corrected chi connectivity index (χ0v) is 17.2. The van der Waals surface area contributed by atoms with Crippen LogP contribution in [-0.2, 0) is 0 Å². The van der Waals surface area contributed by atoms with Gasteiger partial charge in [0.2, 0.25) is 0 Å². The number of methoxy groups -OCH3 is 1. The van der Waals surface area contributed by atoms with E-state index in [1.54, 1.807) is 30.3 Å². The first kappa shape index (κ1) is 20.9. The Bertz CT molecular complexity index is 1520. The van der Waals surface area contributed by atoms with Gasteiger partial charge in [-0.3, -0.25) is 0 Å². The van der Waals surface area contributed by atoms with Crippen molar-refractivity contribution < 1.29 is 26.7 Å². The van der Waals surface area contributed by atoms with Crippen molar-refractivity contribution in [3.8, 4) is 28.0 Å². The molecular formula is C27H15F5O. The summed E-state index contributed by atoms with van der Waals surface area (Å²) < 4.78 is 78.4. The number of rotatable bonds is 3. The first-order valence-electron chi connectivity index (χ1n) is 10.0. The van der Waals surface area contributed by atoms with E-state index in [4.69, 9.17) is 4.74 Å². The van der Waals surface area contributed by atoms with Gasteiger partial charge in [0.05, 0.1) is 12.7 Å². The van der Waals surface area contributed by atoms with Crippen LogP contribution in [0.1, 0.15) is 0 Å². The van der Waals surface area contributed by atoms with E-state index in [2.05, 4.69) is 0 Å². The summed E-state index contributed by atoms with van der Waals surface area (Å²) in [5, 5.41) is 0.888. The Hall–Kier alpha value is -3.93. The van der Waals surface area contributed by atoms with Crippen LogP contribution in [0.3, 0.4) is 0 Å². The minimum Gasteiger partial charge on any atom is -0.497 e. The molecule has 0 radical (unpaired) electrons. The summed E-state index contributed by atoms with van der Waals surface area (Å²) in [5.41, 5.74) is 0.600. The molecule has 6 heteroatoms. The number of hydrogen-bond donors (Lipinski definition) is 0. The number of benzene rings is 5. The van der Waals surface area contributed by atoms with Crippen molar-refractivity contribution in [3.05, 3.63) is 102 Å². The second-order valence-electron chi connectivity index (χ2n) is 7.58. The largest absolute Gasteiger partial charge is 0.497 e. The summed E-state index contributed by atoms with van der Waals surface area (Å²) in [6.45, 7) is 0. The van der Waals surface area contributed by atoms with Gasteiger partial charge in [0.25, 0.3) is 0 Å². The second-order valence-corrected chi connectivity index (χ2v) is 7.58. The number of hydrogen-bond acceptors (Lipinski definition) is 1. The topological polar surface area (TPSA) is 9.23 Å². The van der Waals surface area contributed by atoms with Crippen LogP contribution in [0.25, 0.3) is 43.8 Å². The minimum atomic E-state index is -1.17. The molecule has 0 atom stereocenters. The minimum absolute atomic E-state index is 0.00349. The van der Waals surface area contributed by atoms with Gasteiger partial charge in [0, 0.05) is 17.7 Å². The highest BCUT2D eigenvalue weighted by Gasteiger charge is 2.24. The molecule has 0 N–H and O–H groups in total. The van der Waals surface area contributed by atoms with Gasteiger partial charge >= 0.3 is 0 Å². The molecule has 0 unspecified atom stereocenters. The van der Waals surface area contributed by atoms with Gasteiger partial charge in [-0.25, -0.2) is 22.0 Å². The Morgan fingerprint density at radius 1 is 0.515 bits per heavy atom. The highest BCUT2D eigenvalue weighted by atomic mass is 19.2. The summed E-state index contributed by atoms with van der Waals surface area (Å²) >= 11 is 0. The predicted octanol–water partition coefficient (Wildman–Crippen LogP) is 8.03. The fourth-order valence-electron chi connectivity index (χ4n) is 4.28. The Labute approximate surface area is 185 Å². The molecule has 5 rings (SSSR count). The van der Waals surface area contributed by atoms with E-state index in [-0.39, 0.29) is 27.5 Å². The molecule has 5 aromatic carbocycles. The summed E-state index contributed by atoms with van der Waals surface area (Å²) in [7, 11) is 1.27. The summed E-state index contributed by atoms with van der Waals surface area (Å²) in [5.74, 6) is -4.81. The Balaban J connectivity index is 2.05. The second kappa shape index (κ2) is 7.89. The lowest BCUT2D eigenvalue weighted by Gasteiger charge is -2.19. The van der Waals surface area contributed by atoms with Gasteiger partial charge in [-0.05, 0) is 56.9 Å². The predicted molar refractivity (Wildman–Crippen MR) is 119 cm³/mol. The quantitative estimate of drug-likeness (QED) is 0.200. The molecule has 1 nitrogen and oxygen atoms in total. The molecule has 0 aliphatic rings. The average Bonchev–Trinajstić information content (AvgIpc) is 2.80.